The number of carbonyl (C=O) groups excluding carboxylic acids is 3. The standard InChI is InChI=1S/C26H22BrN3O5/c1-2-34-22-12-10-21(11-13-22)29-25(32)26(33)30-28-17-19-16-20(27)9-14-23(19)35-24(31)15-8-18-6-4-3-5-7-18/h3-17H,2H2,1H3,(H,29,32)(H,30,33). The van der Waals surface area contributed by atoms with E-state index in [1.54, 1.807) is 48.5 Å². The molecule has 0 saturated carbocycles. The lowest BCUT2D eigenvalue weighted by molar-refractivity contribution is -0.136. The smallest absolute Gasteiger partial charge is 0.336 e. The molecule has 0 saturated heterocycles. The molecule has 2 N–H and O–H groups in total. The van der Waals surface area contributed by atoms with Crippen LogP contribution >= 0.6 is 15.9 Å². The third-order valence-corrected chi connectivity index (χ3v) is 4.89. The van der Waals surface area contributed by atoms with Crippen LogP contribution in [0.4, 0.5) is 5.69 Å². The largest absolute Gasteiger partial charge is 0.494 e. The number of hydrogen-bond donors (Lipinski definition) is 2. The average molecular weight is 536 g/mol. The minimum atomic E-state index is -0.963. The molecule has 0 spiro atoms. The molecule has 8 nitrogen and oxygen atoms in total. The molecule has 3 rings (SSSR count). The summed E-state index contributed by atoms with van der Waals surface area (Å²) in [7, 11) is 0. The molecule has 3 aromatic rings. The summed E-state index contributed by atoms with van der Waals surface area (Å²) in [5, 5.41) is 6.28. The predicted molar refractivity (Wildman–Crippen MR) is 137 cm³/mol. The number of rotatable bonds is 8. The number of anilines is 1. The SMILES string of the molecule is CCOc1ccc(NC(=O)C(=O)NN=Cc2cc(Br)ccc2OC(=O)C=Cc2ccccc2)cc1. The Bertz CT molecular complexity index is 1240. The van der Waals surface area contributed by atoms with Crippen molar-refractivity contribution in [2.24, 2.45) is 5.10 Å². The van der Waals surface area contributed by atoms with Crippen LogP contribution in [0.25, 0.3) is 6.08 Å². The van der Waals surface area contributed by atoms with Crippen molar-refractivity contribution in [2.45, 2.75) is 6.92 Å². The lowest BCUT2D eigenvalue weighted by atomic mass is 10.2. The summed E-state index contributed by atoms with van der Waals surface area (Å²) < 4.78 is 11.4. The van der Waals surface area contributed by atoms with E-state index in [0.717, 1.165) is 5.56 Å². The van der Waals surface area contributed by atoms with Gasteiger partial charge in [0.1, 0.15) is 11.5 Å². The fourth-order valence-corrected chi connectivity index (χ4v) is 3.16. The predicted octanol–water partition coefficient (Wildman–Crippen LogP) is 4.56. The van der Waals surface area contributed by atoms with Crippen LogP contribution in [0.1, 0.15) is 18.1 Å². The molecule has 35 heavy (non-hydrogen) atoms. The zero-order chi connectivity index (χ0) is 25.0. The van der Waals surface area contributed by atoms with Gasteiger partial charge in [0.05, 0.1) is 12.8 Å². The first-order valence-electron chi connectivity index (χ1n) is 10.6. The quantitative estimate of drug-likeness (QED) is 0.110. The Hall–Kier alpha value is -4.24. The van der Waals surface area contributed by atoms with E-state index < -0.39 is 17.8 Å². The second-order valence-electron chi connectivity index (χ2n) is 6.96. The molecule has 0 aliphatic carbocycles. The highest BCUT2D eigenvalue weighted by atomic mass is 79.9. The van der Waals surface area contributed by atoms with Gasteiger partial charge in [-0.25, -0.2) is 10.2 Å². The van der Waals surface area contributed by atoms with E-state index in [1.165, 1.54) is 12.3 Å². The second-order valence-corrected chi connectivity index (χ2v) is 7.87. The lowest BCUT2D eigenvalue weighted by Crippen LogP contribution is -2.32. The highest BCUT2D eigenvalue weighted by molar-refractivity contribution is 9.10. The third-order valence-electron chi connectivity index (χ3n) is 4.39. The van der Waals surface area contributed by atoms with Gasteiger partial charge < -0.3 is 14.8 Å². The van der Waals surface area contributed by atoms with Gasteiger partial charge >= 0.3 is 17.8 Å². The van der Waals surface area contributed by atoms with Crippen LogP contribution in [0.3, 0.4) is 0 Å². The van der Waals surface area contributed by atoms with Crippen molar-refractivity contribution in [3.05, 3.63) is 94.5 Å². The van der Waals surface area contributed by atoms with E-state index in [9.17, 15) is 14.4 Å². The average Bonchev–Trinajstić information content (AvgIpc) is 2.86. The molecule has 0 unspecified atom stereocenters. The van der Waals surface area contributed by atoms with Crippen molar-refractivity contribution in [2.75, 3.05) is 11.9 Å². The summed E-state index contributed by atoms with van der Waals surface area (Å²) in [6, 6.07) is 20.9. The maximum Gasteiger partial charge on any atom is 0.336 e. The van der Waals surface area contributed by atoms with E-state index in [2.05, 4.69) is 31.8 Å². The van der Waals surface area contributed by atoms with Crippen molar-refractivity contribution in [1.82, 2.24) is 5.43 Å². The van der Waals surface area contributed by atoms with Gasteiger partial charge in [-0.3, -0.25) is 9.59 Å². The molecule has 0 radical (unpaired) electrons. The van der Waals surface area contributed by atoms with Gasteiger partial charge in [0, 0.05) is 21.8 Å². The number of esters is 1. The zero-order valence-corrected chi connectivity index (χ0v) is 20.3. The van der Waals surface area contributed by atoms with Gasteiger partial charge in [-0.15, -0.1) is 0 Å². The molecule has 0 atom stereocenters. The molecule has 0 aliphatic heterocycles. The fourth-order valence-electron chi connectivity index (χ4n) is 2.78. The highest BCUT2D eigenvalue weighted by Gasteiger charge is 2.13. The number of halogens is 1. The molecular formula is C26H22BrN3O5. The first-order valence-corrected chi connectivity index (χ1v) is 11.4. The topological polar surface area (TPSA) is 106 Å². The third kappa shape index (κ3) is 8.24. The molecule has 0 aromatic heterocycles. The van der Waals surface area contributed by atoms with Crippen LogP contribution in [0.5, 0.6) is 11.5 Å². The van der Waals surface area contributed by atoms with Gasteiger partial charge in [0.25, 0.3) is 0 Å². The van der Waals surface area contributed by atoms with Gasteiger partial charge in [0.15, 0.2) is 0 Å². The number of hydrogen-bond acceptors (Lipinski definition) is 6. The molecule has 3 aromatic carbocycles. The molecular weight excluding hydrogens is 514 g/mol. The molecule has 178 valence electrons. The number of nitrogens with zero attached hydrogens (tertiary/aromatic N) is 1. The molecule has 9 heteroatoms. The molecule has 0 fully saturated rings. The normalized spacial score (nSPS) is 10.8. The summed E-state index contributed by atoms with van der Waals surface area (Å²) >= 11 is 3.34. The molecule has 0 bridgehead atoms. The van der Waals surface area contributed by atoms with E-state index >= 15 is 0 Å². The summed E-state index contributed by atoms with van der Waals surface area (Å²) in [6.45, 7) is 2.39. The minimum absolute atomic E-state index is 0.229. The number of hydrazone groups is 1. The van der Waals surface area contributed by atoms with Gasteiger partial charge in [-0.1, -0.05) is 46.3 Å². The van der Waals surface area contributed by atoms with Crippen LogP contribution in [-0.2, 0) is 14.4 Å². The Morgan fingerprint density at radius 1 is 0.971 bits per heavy atom. The van der Waals surface area contributed by atoms with Crippen molar-refractivity contribution >= 4 is 51.7 Å². The van der Waals surface area contributed by atoms with E-state index in [0.29, 0.717) is 28.1 Å². The second kappa shape index (κ2) is 12.9. The van der Waals surface area contributed by atoms with E-state index in [1.807, 2.05) is 37.3 Å². The summed E-state index contributed by atoms with van der Waals surface area (Å²) in [6.07, 6.45) is 4.22. The van der Waals surface area contributed by atoms with Gasteiger partial charge in [-0.05, 0) is 61.0 Å². The van der Waals surface area contributed by atoms with Crippen LogP contribution in [-0.4, -0.2) is 30.6 Å². The summed E-state index contributed by atoms with van der Waals surface area (Å²) in [5.74, 6) is -1.55. The summed E-state index contributed by atoms with van der Waals surface area (Å²) in [4.78, 5) is 36.4. The number of amides is 2. The minimum Gasteiger partial charge on any atom is -0.494 e. The maximum absolute atomic E-state index is 12.2. The molecule has 0 heterocycles. The van der Waals surface area contributed by atoms with Crippen molar-refractivity contribution in [3.63, 3.8) is 0 Å². The maximum atomic E-state index is 12.2. The van der Waals surface area contributed by atoms with Crippen molar-refractivity contribution < 1.29 is 23.9 Å². The fraction of sp³-hybridized carbons (Fsp3) is 0.0769. The lowest BCUT2D eigenvalue weighted by Gasteiger charge is -2.07. The highest BCUT2D eigenvalue weighted by Crippen LogP contribution is 2.22. The Balaban J connectivity index is 1.59. The first kappa shape index (κ1) is 25.4. The number of ether oxygens (including phenoxy) is 2. The van der Waals surface area contributed by atoms with Crippen LogP contribution in [0.2, 0.25) is 0 Å². The summed E-state index contributed by atoms with van der Waals surface area (Å²) in [5.41, 5.74) is 3.85. The monoisotopic (exact) mass is 535 g/mol. The van der Waals surface area contributed by atoms with Crippen molar-refractivity contribution in [3.8, 4) is 11.5 Å². The van der Waals surface area contributed by atoms with E-state index in [-0.39, 0.29) is 5.75 Å². The van der Waals surface area contributed by atoms with E-state index in [4.69, 9.17) is 9.47 Å². The van der Waals surface area contributed by atoms with Gasteiger partial charge in [-0.2, -0.15) is 5.10 Å². The molecule has 0 aliphatic rings. The van der Waals surface area contributed by atoms with Gasteiger partial charge in [0.2, 0.25) is 0 Å². The Morgan fingerprint density at radius 3 is 2.43 bits per heavy atom. The van der Waals surface area contributed by atoms with Crippen LogP contribution in [0, 0.1) is 0 Å². The Labute approximate surface area is 210 Å². The van der Waals surface area contributed by atoms with Crippen LogP contribution < -0.4 is 20.2 Å². The van der Waals surface area contributed by atoms with Crippen LogP contribution in [0.15, 0.2) is 88.4 Å². The Morgan fingerprint density at radius 2 is 1.71 bits per heavy atom. The van der Waals surface area contributed by atoms with Crippen molar-refractivity contribution in [1.29, 1.82) is 0 Å². The first-order chi connectivity index (χ1) is 16.9. The number of carbonyl (C=O) groups is 3. The number of nitrogens with one attached hydrogen (secondary N) is 2. The Kier molecular flexibility index (Phi) is 9.32. The molecule has 2 amide bonds. The number of benzene rings is 3. The zero-order valence-electron chi connectivity index (χ0n) is 18.7.